The van der Waals surface area contributed by atoms with Crippen molar-refractivity contribution in [2.24, 2.45) is 0 Å². The summed E-state index contributed by atoms with van der Waals surface area (Å²) in [6.45, 7) is 1.17. The van der Waals surface area contributed by atoms with Crippen LogP contribution in [0.4, 0.5) is 0 Å². The lowest BCUT2D eigenvalue weighted by Gasteiger charge is -2.24. The molecule has 2 rings (SSSR count). The third-order valence-corrected chi connectivity index (χ3v) is 3.40. The van der Waals surface area contributed by atoms with E-state index in [0.29, 0.717) is 6.61 Å². The summed E-state index contributed by atoms with van der Waals surface area (Å²) in [5.74, 6) is 0.486. The van der Waals surface area contributed by atoms with Crippen LogP contribution in [0, 0.1) is 0 Å². The normalized spacial score (nSPS) is 18.3. The van der Waals surface area contributed by atoms with Gasteiger partial charge in [-0.15, -0.1) is 0 Å². The number of methoxy groups -OCH3 is 2. The molecule has 1 aromatic rings. The van der Waals surface area contributed by atoms with Gasteiger partial charge in [0, 0.05) is 19.1 Å². The third-order valence-electron chi connectivity index (χ3n) is 3.40. The van der Waals surface area contributed by atoms with Crippen molar-refractivity contribution >= 4 is 5.97 Å². The minimum atomic E-state index is -0.261. The van der Waals surface area contributed by atoms with E-state index in [1.165, 1.54) is 7.11 Å². The minimum Gasteiger partial charge on any atom is -0.469 e. The highest BCUT2D eigenvalue weighted by molar-refractivity contribution is 5.72. The van der Waals surface area contributed by atoms with Gasteiger partial charge in [0.05, 0.1) is 26.7 Å². The number of rotatable bonds is 6. The maximum Gasteiger partial charge on any atom is 0.309 e. The summed E-state index contributed by atoms with van der Waals surface area (Å²) >= 11 is 0. The van der Waals surface area contributed by atoms with Gasteiger partial charge >= 0.3 is 5.97 Å². The van der Waals surface area contributed by atoms with Crippen LogP contribution >= 0.6 is 0 Å². The van der Waals surface area contributed by atoms with Crippen molar-refractivity contribution in [1.82, 2.24) is 0 Å². The summed E-state index contributed by atoms with van der Waals surface area (Å²) in [5, 5.41) is 0. The Morgan fingerprint density at radius 2 is 2.19 bits per heavy atom. The molecule has 1 unspecified atom stereocenters. The standard InChI is InChI=1S/C16H22O5/c1-18-11-13-9-12(10-15(17)19-2)6-7-14(13)21-16-5-3-4-8-20-16/h6-7,9,16H,3-5,8,10-11H2,1-2H3. The summed E-state index contributed by atoms with van der Waals surface area (Å²) in [5.41, 5.74) is 1.79. The second-order valence-corrected chi connectivity index (χ2v) is 5.04. The summed E-state index contributed by atoms with van der Waals surface area (Å²) < 4.78 is 21.4. The van der Waals surface area contributed by atoms with E-state index in [2.05, 4.69) is 4.74 Å². The van der Waals surface area contributed by atoms with Gasteiger partial charge in [0.2, 0.25) is 0 Å². The zero-order chi connectivity index (χ0) is 15.1. The minimum absolute atomic E-state index is 0.194. The summed E-state index contributed by atoms with van der Waals surface area (Å²) in [6.07, 6.45) is 3.15. The van der Waals surface area contributed by atoms with E-state index in [-0.39, 0.29) is 18.7 Å². The number of carbonyl (C=O) groups is 1. The van der Waals surface area contributed by atoms with Crippen molar-refractivity contribution < 1.29 is 23.7 Å². The van der Waals surface area contributed by atoms with Crippen LogP contribution in [0.3, 0.4) is 0 Å². The van der Waals surface area contributed by atoms with Crippen molar-refractivity contribution in [3.05, 3.63) is 29.3 Å². The van der Waals surface area contributed by atoms with Crippen LogP contribution in [0.2, 0.25) is 0 Å². The van der Waals surface area contributed by atoms with E-state index in [4.69, 9.17) is 14.2 Å². The summed E-state index contributed by atoms with van der Waals surface area (Å²) in [6, 6.07) is 5.65. The molecule has 0 N–H and O–H groups in total. The van der Waals surface area contributed by atoms with Crippen LogP contribution < -0.4 is 4.74 Å². The molecule has 5 heteroatoms. The first kappa shape index (κ1) is 15.8. The third kappa shape index (κ3) is 4.72. The van der Waals surface area contributed by atoms with E-state index in [0.717, 1.165) is 42.7 Å². The van der Waals surface area contributed by atoms with Gasteiger partial charge in [-0.3, -0.25) is 4.79 Å². The molecule has 0 spiro atoms. The Morgan fingerprint density at radius 3 is 2.86 bits per heavy atom. The van der Waals surface area contributed by atoms with E-state index in [1.807, 2.05) is 18.2 Å². The number of ether oxygens (including phenoxy) is 4. The predicted octanol–water partition coefficient (Wildman–Crippen LogP) is 2.45. The van der Waals surface area contributed by atoms with Gasteiger partial charge in [0.25, 0.3) is 0 Å². The average Bonchev–Trinajstić information content (AvgIpc) is 2.51. The summed E-state index contributed by atoms with van der Waals surface area (Å²) in [4.78, 5) is 11.3. The van der Waals surface area contributed by atoms with Gasteiger partial charge in [-0.2, -0.15) is 0 Å². The van der Waals surface area contributed by atoms with Gasteiger partial charge in [-0.1, -0.05) is 6.07 Å². The lowest BCUT2D eigenvalue weighted by molar-refractivity contribution is -0.139. The van der Waals surface area contributed by atoms with Gasteiger partial charge in [-0.25, -0.2) is 0 Å². The second kappa shape index (κ2) is 8.00. The van der Waals surface area contributed by atoms with Crippen LogP contribution in [0.1, 0.15) is 30.4 Å². The fraction of sp³-hybridized carbons (Fsp3) is 0.562. The van der Waals surface area contributed by atoms with Gasteiger partial charge < -0.3 is 18.9 Å². The molecule has 1 aliphatic rings. The predicted molar refractivity (Wildman–Crippen MR) is 77.1 cm³/mol. The molecule has 0 radical (unpaired) electrons. The molecule has 1 atom stereocenters. The number of carbonyl (C=O) groups excluding carboxylic acids is 1. The van der Waals surface area contributed by atoms with Gasteiger partial charge in [-0.05, 0) is 30.5 Å². The maximum atomic E-state index is 11.3. The SMILES string of the molecule is COCc1cc(CC(=O)OC)ccc1OC1CCCCO1. The topological polar surface area (TPSA) is 54.0 Å². The number of benzene rings is 1. The van der Waals surface area contributed by atoms with E-state index in [1.54, 1.807) is 7.11 Å². The molecule has 0 bridgehead atoms. The monoisotopic (exact) mass is 294 g/mol. The smallest absolute Gasteiger partial charge is 0.309 e. The first-order valence-electron chi connectivity index (χ1n) is 7.18. The van der Waals surface area contributed by atoms with E-state index < -0.39 is 0 Å². The first-order valence-corrected chi connectivity index (χ1v) is 7.18. The van der Waals surface area contributed by atoms with Crippen molar-refractivity contribution in [3.63, 3.8) is 0 Å². The highest BCUT2D eigenvalue weighted by atomic mass is 16.7. The molecule has 1 aliphatic heterocycles. The van der Waals surface area contributed by atoms with Crippen LogP contribution in [0.15, 0.2) is 18.2 Å². The fourth-order valence-electron chi connectivity index (χ4n) is 2.31. The first-order chi connectivity index (χ1) is 10.2. The van der Waals surface area contributed by atoms with Gasteiger partial charge in [0.1, 0.15) is 5.75 Å². The molecular formula is C16H22O5. The molecule has 0 amide bonds. The van der Waals surface area contributed by atoms with Crippen LogP contribution in [-0.2, 0) is 32.0 Å². The Balaban J connectivity index is 2.09. The van der Waals surface area contributed by atoms with E-state index in [9.17, 15) is 4.79 Å². The molecule has 0 aliphatic carbocycles. The second-order valence-electron chi connectivity index (χ2n) is 5.04. The number of hydrogen-bond donors (Lipinski definition) is 0. The largest absolute Gasteiger partial charge is 0.469 e. The molecule has 5 nitrogen and oxygen atoms in total. The number of hydrogen-bond acceptors (Lipinski definition) is 5. The van der Waals surface area contributed by atoms with Crippen molar-refractivity contribution in [2.45, 2.75) is 38.6 Å². The van der Waals surface area contributed by atoms with Crippen LogP contribution in [0.25, 0.3) is 0 Å². The quantitative estimate of drug-likeness (QED) is 0.754. The highest BCUT2D eigenvalue weighted by Gasteiger charge is 2.17. The Kier molecular flexibility index (Phi) is 6.02. The molecule has 1 fully saturated rings. The van der Waals surface area contributed by atoms with E-state index >= 15 is 0 Å². The average molecular weight is 294 g/mol. The molecule has 1 heterocycles. The lowest BCUT2D eigenvalue weighted by Crippen LogP contribution is -2.25. The molecule has 1 saturated heterocycles. The zero-order valence-corrected chi connectivity index (χ0v) is 12.6. The maximum absolute atomic E-state index is 11.3. The fourth-order valence-corrected chi connectivity index (χ4v) is 2.31. The van der Waals surface area contributed by atoms with Crippen LogP contribution in [0.5, 0.6) is 5.75 Å². The lowest BCUT2D eigenvalue weighted by atomic mass is 10.1. The van der Waals surface area contributed by atoms with Crippen molar-refractivity contribution in [2.75, 3.05) is 20.8 Å². The molecule has 21 heavy (non-hydrogen) atoms. The highest BCUT2D eigenvalue weighted by Crippen LogP contribution is 2.25. The Labute approximate surface area is 125 Å². The molecule has 0 saturated carbocycles. The van der Waals surface area contributed by atoms with Crippen molar-refractivity contribution in [3.8, 4) is 5.75 Å². The Hall–Kier alpha value is -1.59. The van der Waals surface area contributed by atoms with Crippen LogP contribution in [-0.4, -0.2) is 33.1 Å². The molecular weight excluding hydrogens is 272 g/mol. The zero-order valence-electron chi connectivity index (χ0n) is 12.6. The molecule has 116 valence electrons. The van der Waals surface area contributed by atoms with Gasteiger partial charge in [0.15, 0.2) is 6.29 Å². The van der Waals surface area contributed by atoms with Crippen molar-refractivity contribution in [1.29, 1.82) is 0 Å². The molecule has 0 aromatic heterocycles. The Morgan fingerprint density at radius 1 is 1.33 bits per heavy atom. The Bertz CT molecular complexity index is 466. The molecule has 1 aromatic carbocycles. The number of esters is 1. The summed E-state index contributed by atoms with van der Waals surface area (Å²) in [7, 11) is 3.02.